The Hall–Kier alpha value is -0.747. The van der Waals surface area contributed by atoms with Crippen LogP contribution in [0.25, 0.3) is 11.1 Å². The van der Waals surface area contributed by atoms with E-state index >= 15 is 0 Å². The molecule has 0 saturated heterocycles. The molecule has 0 aliphatic heterocycles. The molecule has 3 aliphatic carbocycles. The van der Waals surface area contributed by atoms with Crippen LogP contribution >= 0.6 is 0 Å². The molecule has 43 heavy (non-hydrogen) atoms. The van der Waals surface area contributed by atoms with E-state index in [2.05, 4.69) is 113 Å². The SMILES string of the molecule is CCC1=[C]([Zr+2](=[C]2CCCCC2)[c]2c(C(C)(C)C)ccc3c2Cc2cc(C(C)(C)C)ccc2-3)C(CC)C=C1C(C)(C)C.[Cl-].[Cl-]. The summed E-state index contributed by atoms with van der Waals surface area (Å²) in [6.45, 7) is 26.7. The van der Waals surface area contributed by atoms with Gasteiger partial charge in [-0.1, -0.05) is 0 Å². The smallest absolute Gasteiger partial charge is 1.00 e. The largest absolute Gasteiger partial charge is 1.00 e. The molecule has 3 aliphatic rings. The number of fused-ring (bicyclic) bond motifs is 3. The van der Waals surface area contributed by atoms with Crippen molar-refractivity contribution in [2.24, 2.45) is 11.3 Å². The topological polar surface area (TPSA) is 0 Å². The van der Waals surface area contributed by atoms with E-state index in [1.165, 1.54) is 56.1 Å². The van der Waals surface area contributed by atoms with E-state index in [1.54, 1.807) is 33.4 Å². The zero-order valence-electron chi connectivity index (χ0n) is 29.0. The summed E-state index contributed by atoms with van der Waals surface area (Å²) in [4.78, 5) is 0. The number of hydrogen-bond acceptors (Lipinski definition) is 0. The van der Waals surface area contributed by atoms with Crippen molar-refractivity contribution in [1.29, 1.82) is 0 Å². The molecule has 1 unspecified atom stereocenters. The second-order valence-corrected chi connectivity index (χ2v) is 22.3. The molecule has 0 N–H and O–H groups in total. The Morgan fingerprint density at radius 2 is 1.37 bits per heavy atom. The van der Waals surface area contributed by atoms with Crippen molar-refractivity contribution < 1.29 is 46.1 Å². The minimum Gasteiger partial charge on any atom is -1.00 e. The molecule has 3 heteroatoms. The van der Waals surface area contributed by atoms with Gasteiger partial charge in [-0.05, 0) is 0 Å². The predicted octanol–water partition coefficient (Wildman–Crippen LogP) is 4.92. The summed E-state index contributed by atoms with van der Waals surface area (Å²) in [5, 5.41) is 0. The molecule has 0 heterocycles. The van der Waals surface area contributed by atoms with Gasteiger partial charge < -0.3 is 24.8 Å². The molecule has 0 aromatic heterocycles. The standard InChI is InChI=1S/C21H25.C13H21.C6H10.2ClH.Zr/c1-20(2,3)16-7-9-18-14(12-16)11-15-13-17(21(4,5)6)8-10-19(15)18;1-6-10-8-11(7-2)12(9-10)13(3,4)5;1-2-4-6-5-3-1;;;/h7-10,12H,11H2,1-6H3;9-10H,6-7H2,1-5H3;1-5H2;2*1H;/q;;;;;+2/p-2. The van der Waals surface area contributed by atoms with Crippen molar-refractivity contribution >= 4 is 6.48 Å². The van der Waals surface area contributed by atoms with Crippen LogP contribution in [-0.2, 0) is 38.5 Å². The minimum atomic E-state index is -2.45. The van der Waals surface area contributed by atoms with Gasteiger partial charge in [0.2, 0.25) is 0 Å². The normalized spacial score (nSPS) is 18.3. The van der Waals surface area contributed by atoms with Crippen LogP contribution in [0.15, 0.2) is 50.8 Å². The van der Waals surface area contributed by atoms with E-state index in [0.717, 1.165) is 6.42 Å². The molecule has 5 rings (SSSR count). The van der Waals surface area contributed by atoms with Crippen LogP contribution < -0.4 is 28.1 Å². The van der Waals surface area contributed by atoms with Crippen molar-refractivity contribution in [3.63, 3.8) is 0 Å². The van der Waals surface area contributed by atoms with Crippen molar-refractivity contribution in [2.75, 3.05) is 0 Å². The molecule has 2 aromatic rings. The third-order valence-corrected chi connectivity index (χ3v) is 18.6. The van der Waals surface area contributed by atoms with Crippen LogP contribution in [0.5, 0.6) is 0 Å². The second kappa shape index (κ2) is 13.5. The molecule has 1 fully saturated rings. The van der Waals surface area contributed by atoms with Crippen LogP contribution in [0.4, 0.5) is 0 Å². The average Bonchev–Trinajstić information content (AvgIpc) is 3.46. The number of benzene rings is 2. The maximum absolute atomic E-state index is 2.74. The van der Waals surface area contributed by atoms with E-state index in [0.29, 0.717) is 5.92 Å². The number of allylic oxidation sites excluding steroid dienone is 4. The fraction of sp³-hybridized carbons (Fsp3) is 0.575. The van der Waals surface area contributed by atoms with Crippen LogP contribution in [0, 0.1) is 11.3 Å². The Morgan fingerprint density at radius 1 is 0.744 bits per heavy atom. The third kappa shape index (κ3) is 7.01. The fourth-order valence-corrected chi connectivity index (χ4v) is 18.6. The van der Waals surface area contributed by atoms with Gasteiger partial charge in [-0.15, -0.1) is 0 Å². The summed E-state index contributed by atoms with van der Waals surface area (Å²) in [7, 11) is 0. The van der Waals surface area contributed by atoms with Gasteiger partial charge in [0.1, 0.15) is 0 Å². The van der Waals surface area contributed by atoms with Crippen molar-refractivity contribution in [1.82, 2.24) is 0 Å². The van der Waals surface area contributed by atoms with Crippen molar-refractivity contribution in [2.45, 2.75) is 138 Å². The van der Waals surface area contributed by atoms with Gasteiger partial charge in [-0.2, -0.15) is 0 Å². The van der Waals surface area contributed by atoms with E-state index in [9.17, 15) is 0 Å². The van der Waals surface area contributed by atoms with Crippen molar-refractivity contribution in [3.05, 3.63) is 73.1 Å². The first-order valence-electron chi connectivity index (χ1n) is 16.6. The molecule has 1 saturated carbocycles. The zero-order chi connectivity index (χ0) is 29.9. The molecule has 234 valence electrons. The molecule has 0 bridgehead atoms. The van der Waals surface area contributed by atoms with Gasteiger partial charge in [0, 0.05) is 0 Å². The summed E-state index contributed by atoms with van der Waals surface area (Å²) >= 11 is -2.45. The van der Waals surface area contributed by atoms with Crippen LogP contribution in [-0.4, -0.2) is 3.21 Å². The third-order valence-electron chi connectivity index (χ3n) is 10.1. The Kier molecular flexibility index (Phi) is 11.6. The Balaban J connectivity index is 0.00000253. The van der Waals surface area contributed by atoms with Crippen LogP contribution in [0.1, 0.15) is 143 Å². The summed E-state index contributed by atoms with van der Waals surface area (Å²) in [5.74, 6) is 0.628. The molecule has 0 amide bonds. The van der Waals surface area contributed by atoms with E-state index in [1.807, 2.05) is 9.76 Å². The van der Waals surface area contributed by atoms with Gasteiger partial charge in [-0.25, -0.2) is 0 Å². The number of halogens is 2. The molecule has 2 aromatic carbocycles. The number of rotatable bonds is 4. The van der Waals surface area contributed by atoms with E-state index in [4.69, 9.17) is 0 Å². The maximum atomic E-state index is 2.74. The molecular weight excluding hydrogens is 643 g/mol. The first-order chi connectivity index (χ1) is 19.2. The van der Waals surface area contributed by atoms with E-state index in [-0.39, 0.29) is 41.1 Å². The Morgan fingerprint density at radius 3 is 1.91 bits per heavy atom. The molecule has 0 radical (unpaired) electrons. The summed E-state index contributed by atoms with van der Waals surface area (Å²) < 4.78 is 5.86. The van der Waals surface area contributed by atoms with Crippen LogP contribution in [0.2, 0.25) is 0 Å². The Labute approximate surface area is 284 Å². The van der Waals surface area contributed by atoms with Gasteiger partial charge in [0.25, 0.3) is 0 Å². The monoisotopic (exact) mass is 696 g/mol. The van der Waals surface area contributed by atoms with Gasteiger partial charge in [-0.3, -0.25) is 0 Å². The molecule has 0 spiro atoms. The average molecular weight is 699 g/mol. The Bertz CT molecular complexity index is 1440. The first-order valence-corrected chi connectivity index (χ1v) is 20.3. The minimum absolute atomic E-state index is 0. The zero-order valence-corrected chi connectivity index (χ0v) is 32.9. The summed E-state index contributed by atoms with van der Waals surface area (Å²) in [5.41, 5.74) is 13.4. The maximum Gasteiger partial charge on any atom is -1.00 e. The summed E-state index contributed by atoms with van der Waals surface area (Å²) in [6.07, 6.45) is 13.3. The molecule has 0 nitrogen and oxygen atoms in total. The van der Waals surface area contributed by atoms with E-state index < -0.39 is 21.3 Å². The number of hydrogen-bond donors (Lipinski definition) is 0. The molecular formula is C40H56Cl2Zr. The van der Waals surface area contributed by atoms with Gasteiger partial charge in [0.05, 0.1) is 0 Å². The summed E-state index contributed by atoms with van der Waals surface area (Å²) in [6, 6.07) is 12.5. The first kappa shape index (κ1) is 36.7. The fourth-order valence-electron chi connectivity index (χ4n) is 7.88. The van der Waals surface area contributed by atoms with Crippen LogP contribution in [0.3, 0.4) is 0 Å². The quantitative estimate of drug-likeness (QED) is 0.364. The van der Waals surface area contributed by atoms with Gasteiger partial charge in [0.15, 0.2) is 0 Å². The second-order valence-electron chi connectivity index (χ2n) is 16.2. The molecule has 1 atom stereocenters. The van der Waals surface area contributed by atoms with Crippen molar-refractivity contribution in [3.8, 4) is 11.1 Å². The predicted molar refractivity (Wildman–Crippen MR) is 178 cm³/mol. The van der Waals surface area contributed by atoms with Gasteiger partial charge >= 0.3 is 262 Å².